The predicted molar refractivity (Wildman–Crippen MR) is 244 cm³/mol. The van der Waals surface area contributed by atoms with Crippen LogP contribution in [-0.4, -0.2) is 57.6 Å². The van der Waals surface area contributed by atoms with Crippen molar-refractivity contribution >= 4 is 48.2 Å². The van der Waals surface area contributed by atoms with Gasteiger partial charge in [-0.3, -0.25) is 24.7 Å². The molecule has 4 aromatic heterocycles. The number of carbonyl (C=O) groups excluding carboxylic acids is 1. The summed E-state index contributed by atoms with van der Waals surface area (Å²) in [6.07, 6.45) is 26.5. The summed E-state index contributed by atoms with van der Waals surface area (Å²) in [6, 6.07) is 21.6. The van der Waals surface area contributed by atoms with E-state index in [0.717, 1.165) is 110 Å². The minimum Gasteiger partial charge on any atom is -1.00 e. The second-order valence-electron chi connectivity index (χ2n) is 15.6. The maximum atomic E-state index is 13.4. The van der Waals surface area contributed by atoms with Crippen LogP contribution in [0.2, 0.25) is 0 Å². The number of hydrogen-bond donors (Lipinski definition) is 2. The topological polar surface area (TPSA) is 109 Å². The smallest absolute Gasteiger partial charge is 1.00 e. The first-order valence-electron chi connectivity index (χ1n) is 21.4. The van der Waals surface area contributed by atoms with Crippen LogP contribution < -0.4 is 29.6 Å². The molecule has 0 fully saturated rings. The Kier molecular flexibility index (Phi) is 21.2. The standard InChI is InChI=1S/C25H27FN2O.C25H25FN2O.CH4O.B.Na.H/c2*26-21-11-14-24-20(16-21)15-18(17-27-24)9-13-23(29)7-3-2-6-22-12-10-19-5-1-4-8-25(19)28-22;1-2;;;/h9-17,23,29H,1-8H2;9-17H,1-8H2;2H,1H3;;;/q;;;;+1;-1/b2*13-9+;;;;. The van der Waals surface area contributed by atoms with E-state index in [-0.39, 0.29) is 56.8 Å². The van der Waals surface area contributed by atoms with Crippen LogP contribution in [0.4, 0.5) is 8.78 Å². The fourth-order valence-electron chi connectivity index (χ4n) is 7.81. The van der Waals surface area contributed by atoms with Crippen LogP contribution in [0.25, 0.3) is 34.0 Å². The molecule has 2 aliphatic carbocycles. The Labute approximate surface area is 390 Å². The van der Waals surface area contributed by atoms with E-state index in [2.05, 4.69) is 34.2 Å². The van der Waals surface area contributed by atoms with Crippen LogP contribution in [0.1, 0.15) is 111 Å². The fourth-order valence-corrected chi connectivity index (χ4v) is 7.81. The van der Waals surface area contributed by atoms with Gasteiger partial charge in [-0.2, -0.15) is 0 Å². The van der Waals surface area contributed by atoms with Gasteiger partial charge >= 0.3 is 29.6 Å². The monoisotopic (exact) mass is 845 g/mol. The van der Waals surface area contributed by atoms with Crippen molar-refractivity contribution in [1.29, 1.82) is 0 Å². The van der Waals surface area contributed by atoms with Crippen LogP contribution in [0.3, 0.4) is 0 Å². The molecular weight excluding hydrogens is 788 g/mol. The van der Waals surface area contributed by atoms with Gasteiger partial charge in [0.15, 0.2) is 5.78 Å². The first-order chi connectivity index (χ1) is 29.3. The number of nitrogens with zero attached hydrogens (tertiary/aromatic N) is 4. The molecule has 0 aliphatic heterocycles. The van der Waals surface area contributed by atoms with Gasteiger partial charge in [0.1, 0.15) is 11.6 Å². The third kappa shape index (κ3) is 15.4. The number of allylic oxidation sites excluding steroid dienone is 1. The summed E-state index contributed by atoms with van der Waals surface area (Å²) in [6.45, 7) is 0. The number of aliphatic hydroxyl groups excluding tert-OH is 2. The second-order valence-corrected chi connectivity index (χ2v) is 15.6. The molecule has 7 nitrogen and oxygen atoms in total. The van der Waals surface area contributed by atoms with Gasteiger partial charge < -0.3 is 11.6 Å². The van der Waals surface area contributed by atoms with Gasteiger partial charge in [-0.15, -0.1) is 0 Å². The minimum atomic E-state index is -0.491. The Morgan fingerprint density at radius 3 is 1.73 bits per heavy atom. The first kappa shape index (κ1) is 50.2. The number of aromatic nitrogens is 4. The van der Waals surface area contributed by atoms with Crippen molar-refractivity contribution in [3.63, 3.8) is 0 Å². The van der Waals surface area contributed by atoms with E-state index in [1.165, 1.54) is 84.6 Å². The van der Waals surface area contributed by atoms with Gasteiger partial charge in [-0.25, -0.2) is 8.78 Å². The number of benzene rings is 2. The molecule has 0 saturated carbocycles. The molecule has 1 unspecified atom stereocenters. The second kappa shape index (κ2) is 26.2. The van der Waals surface area contributed by atoms with Crippen molar-refractivity contribution < 1.29 is 54.8 Å². The van der Waals surface area contributed by atoms with Crippen molar-refractivity contribution in [2.24, 2.45) is 0 Å². The molecule has 0 spiro atoms. The number of pyridine rings is 4. The number of fused-ring (bicyclic) bond motifs is 4. The molecule has 0 saturated heterocycles. The van der Waals surface area contributed by atoms with Crippen molar-refractivity contribution in [1.82, 2.24) is 19.9 Å². The Bertz CT molecular complexity index is 2440. The summed E-state index contributed by atoms with van der Waals surface area (Å²) >= 11 is 0. The van der Waals surface area contributed by atoms with Crippen molar-refractivity contribution in [2.45, 2.75) is 109 Å². The van der Waals surface area contributed by atoms with Gasteiger partial charge in [0.2, 0.25) is 0 Å². The van der Waals surface area contributed by atoms with Gasteiger partial charge in [-0.1, -0.05) is 30.7 Å². The zero-order valence-corrected chi connectivity index (χ0v) is 38.2. The minimum absolute atomic E-state index is 0. The van der Waals surface area contributed by atoms with E-state index in [1.54, 1.807) is 42.8 Å². The zero-order chi connectivity index (χ0) is 42.1. The predicted octanol–water partition coefficient (Wildman–Crippen LogP) is 7.42. The molecular formula is C51H57BF2N4NaO3. The number of unbranched alkanes of at least 4 members (excludes halogenated alkanes) is 2. The van der Waals surface area contributed by atoms with Gasteiger partial charge in [-0.05, 0) is 185 Å². The van der Waals surface area contributed by atoms with Crippen LogP contribution in [-0.2, 0) is 43.3 Å². The van der Waals surface area contributed by atoms with E-state index in [9.17, 15) is 18.7 Å². The molecule has 3 radical (unpaired) electrons. The third-order valence-electron chi connectivity index (χ3n) is 11.1. The third-order valence-corrected chi connectivity index (χ3v) is 11.1. The summed E-state index contributed by atoms with van der Waals surface area (Å²) in [5.74, 6) is -0.457. The normalized spacial score (nSPS) is 13.5. The van der Waals surface area contributed by atoms with Gasteiger partial charge in [0, 0.05) is 67.9 Å². The number of aryl methyl sites for hydroxylation is 6. The molecule has 2 aromatic carbocycles. The number of ketones is 1. The van der Waals surface area contributed by atoms with E-state index < -0.39 is 6.10 Å². The Morgan fingerprint density at radius 2 is 1.18 bits per heavy atom. The van der Waals surface area contributed by atoms with Gasteiger partial charge in [0.25, 0.3) is 0 Å². The van der Waals surface area contributed by atoms with E-state index in [1.807, 2.05) is 18.2 Å². The SMILES string of the molecule is CO.O=C(/C=C/c1cnc2ccc(F)cc2c1)CCCCc1ccc2c(n1)CCCC2.OC(/C=C/c1cnc2ccc(F)cc2c1)CCCCc1ccc2c(n1)CCCC2.[B].[H-].[Na+]. The molecule has 8 rings (SSSR count). The van der Waals surface area contributed by atoms with E-state index >= 15 is 0 Å². The van der Waals surface area contributed by atoms with Crippen molar-refractivity contribution in [3.8, 4) is 0 Å². The molecule has 0 bridgehead atoms. The van der Waals surface area contributed by atoms with Crippen LogP contribution in [0.15, 0.2) is 97.3 Å². The number of hydrogen-bond acceptors (Lipinski definition) is 7. The number of carbonyl (C=O) groups is 1. The molecule has 317 valence electrons. The molecule has 0 amide bonds. The average Bonchev–Trinajstić information content (AvgIpc) is 3.28. The molecule has 1 atom stereocenters. The van der Waals surface area contributed by atoms with Gasteiger partial charge in [0.05, 0.1) is 17.1 Å². The summed E-state index contributed by atoms with van der Waals surface area (Å²) in [4.78, 5) is 30.4. The van der Waals surface area contributed by atoms with E-state index in [4.69, 9.17) is 15.1 Å². The first-order valence-corrected chi connectivity index (χ1v) is 21.4. The molecule has 2 N–H and O–H groups in total. The number of rotatable bonds is 14. The van der Waals surface area contributed by atoms with Crippen molar-refractivity contribution in [2.75, 3.05) is 7.11 Å². The fraction of sp³-hybridized carbons (Fsp3) is 0.353. The molecule has 62 heavy (non-hydrogen) atoms. The summed E-state index contributed by atoms with van der Waals surface area (Å²) in [7, 11) is 1.00. The summed E-state index contributed by atoms with van der Waals surface area (Å²) in [5.41, 5.74) is 10.9. The molecule has 4 heterocycles. The van der Waals surface area contributed by atoms with Crippen LogP contribution in [0, 0.1) is 11.6 Å². The van der Waals surface area contributed by atoms with Crippen LogP contribution >= 0.6 is 0 Å². The Morgan fingerprint density at radius 1 is 0.677 bits per heavy atom. The number of aliphatic hydroxyl groups is 2. The van der Waals surface area contributed by atoms with E-state index in [0.29, 0.717) is 6.42 Å². The van der Waals surface area contributed by atoms with Crippen LogP contribution in [0.5, 0.6) is 0 Å². The Balaban J connectivity index is 0.000000309. The average molecular weight is 846 g/mol. The largest absolute Gasteiger partial charge is 1.00 e. The summed E-state index contributed by atoms with van der Waals surface area (Å²) < 4.78 is 26.7. The molecule has 2 aliphatic rings. The zero-order valence-electron chi connectivity index (χ0n) is 37.2. The summed E-state index contributed by atoms with van der Waals surface area (Å²) in [5, 5.41) is 18.7. The Hall–Kier alpha value is -4.45. The quantitative estimate of drug-likeness (QED) is 0.0668. The van der Waals surface area contributed by atoms with Crippen molar-refractivity contribution in [3.05, 3.63) is 154 Å². The molecule has 11 heteroatoms. The maximum Gasteiger partial charge on any atom is 1.00 e. The maximum absolute atomic E-state index is 13.4. The number of halogens is 2. The molecule has 6 aromatic rings.